The van der Waals surface area contributed by atoms with Crippen LogP contribution in [0.5, 0.6) is 0 Å². The molecule has 110 valence electrons. The van der Waals surface area contributed by atoms with Crippen molar-refractivity contribution in [3.05, 3.63) is 59.7 Å². The summed E-state index contributed by atoms with van der Waals surface area (Å²) in [5.74, 6) is 0.120. The van der Waals surface area contributed by atoms with Crippen molar-refractivity contribution in [1.29, 1.82) is 0 Å². The van der Waals surface area contributed by atoms with E-state index in [0.29, 0.717) is 0 Å². The van der Waals surface area contributed by atoms with E-state index in [-0.39, 0.29) is 5.91 Å². The number of nitrogens with zero attached hydrogens (tertiary/aromatic N) is 2. The molecule has 4 rings (SSSR count). The average Bonchev–Trinajstić information content (AvgIpc) is 2.78. The molecule has 0 radical (unpaired) electrons. The zero-order valence-corrected chi connectivity index (χ0v) is 12.8. The Morgan fingerprint density at radius 3 is 2.50 bits per heavy atom. The van der Waals surface area contributed by atoms with Crippen LogP contribution in [0.3, 0.4) is 0 Å². The van der Waals surface area contributed by atoms with Gasteiger partial charge in [-0.15, -0.1) is 0 Å². The van der Waals surface area contributed by atoms with Gasteiger partial charge in [0.1, 0.15) is 0 Å². The zero-order valence-electron chi connectivity index (χ0n) is 12.8. The van der Waals surface area contributed by atoms with Crippen molar-refractivity contribution in [3.63, 3.8) is 0 Å². The van der Waals surface area contributed by atoms with E-state index in [2.05, 4.69) is 41.9 Å². The SMILES string of the molecule is CN1CCc2c(-c3ccccc3)n(C)c3cccc(c23)C1=O. The first kappa shape index (κ1) is 13.1. The fourth-order valence-corrected chi connectivity index (χ4v) is 3.55. The summed E-state index contributed by atoms with van der Waals surface area (Å²) < 4.78 is 2.22. The Hall–Kier alpha value is -2.55. The molecule has 22 heavy (non-hydrogen) atoms. The van der Waals surface area contributed by atoms with E-state index in [1.165, 1.54) is 16.8 Å². The van der Waals surface area contributed by atoms with Crippen LogP contribution in [0.2, 0.25) is 0 Å². The molecule has 0 aliphatic carbocycles. The maximum Gasteiger partial charge on any atom is 0.254 e. The van der Waals surface area contributed by atoms with Crippen LogP contribution in [0.25, 0.3) is 22.2 Å². The minimum absolute atomic E-state index is 0.120. The number of likely N-dealkylation sites (N-methyl/N-ethyl adjacent to an activating group) is 1. The first-order valence-electron chi connectivity index (χ1n) is 7.59. The molecule has 3 nitrogen and oxygen atoms in total. The molecule has 3 heteroatoms. The van der Waals surface area contributed by atoms with Crippen LogP contribution < -0.4 is 0 Å². The normalized spacial score (nSPS) is 14.5. The molecule has 0 bridgehead atoms. The summed E-state index contributed by atoms with van der Waals surface area (Å²) in [6.07, 6.45) is 0.890. The molecule has 0 saturated carbocycles. The van der Waals surface area contributed by atoms with Gasteiger partial charge in [0.05, 0.1) is 5.69 Å². The number of aromatic nitrogens is 1. The van der Waals surface area contributed by atoms with Gasteiger partial charge in [0.15, 0.2) is 0 Å². The lowest BCUT2D eigenvalue weighted by Crippen LogP contribution is -2.27. The molecule has 0 spiro atoms. The summed E-state index contributed by atoms with van der Waals surface area (Å²) in [6, 6.07) is 16.5. The third-order valence-corrected chi connectivity index (χ3v) is 4.65. The summed E-state index contributed by atoms with van der Waals surface area (Å²) in [4.78, 5) is 14.4. The predicted molar refractivity (Wildman–Crippen MR) is 89.0 cm³/mol. The van der Waals surface area contributed by atoms with Gasteiger partial charge in [0.2, 0.25) is 0 Å². The van der Waals surface area contributed by atoms with E-state index in [4.69, 9.17) is 0 Å². The maximum atomic E-state index is 12.6. The standard InChI is InChI=1S/C19H18N2O/c1-20-12-11-14-17-15(19(20)22)9-6-10-16(17)21(2)18(14)13-7-4-3-5-8-13/h3-10H,11-12H2,1-2H3. The third-order valence-electron chi connectivity index (χ3n) is 4.65. The van der Waals surface area contributed by atoms with Crippen LogP contribution >= 0.6 is 0 Å². The molecule has 0 atom stereocenters. The summed E-state index contributed by atoms with van der Waals surface area (Å²) in [7, 11) is 3.98. The molecule has 1 aliphatic rings. The van der Waals surface area contributed by atoms with Crippen LogP contribution in [0.15, 0.2) is 48.5 Å². The van der Waals surface area contributed by atoms with E-state index in [1.807, 2.05) is 30.1 Å². The van der Waals surface area contributed by atoms with E-state index in [9.17, 15) is 4.79 Å². The lowest BCUT2D eigenvalue weighted by Gasteiger charge is -2.15. The molecular formula is C19H18N2O. The number of carbonyl (C=O) groups is 1. The molecule has 0 N–H and O–H groups in total. The largest absolute Gasteiger partial charge is 0.343 e. The zero-order chi connectivity index (χ0) is 15.3. The van der Waals surface area contributed by atoms with Gasteiger partial charge in [0, 0.05) is 37.1 Å². The molecule has 0 unspecified atom stereocenters. The van der Waals surface area contributed by atoms with Crippen LogP contribution in [-0.4, -0.2) is 29.0 Å². The molecule has 1 aromatic heterocycles. The number of aryl methyl sites for hydroxylation is 1. The van der Waals surface area contributed by atoms with E-state index >= 15 is 0 Å². The van der Waals surface area contributed by atoms with Gasteiger partial charge < -0.3 is 9.47 Å². The minimum atomic E-state index is 0.120. The molecule has 2 heterocycles. The number of hydrogen-bond donors (Lipinski definition) is 0. The monoisotopic (exact) mass is 290 g/mol. The fourth-order valence-electron chi connectivity index (χ4n) is 3.55. The fraction of sp³-hybridized carbons (Fsp3) is 0.211. The highest BCUT2D eigenvalue weighted by atomic mass is 16.2. The molecule has 1 amide bonds. The maximum absolute atomic E-state index is 12.6. The molecule has 1 aliphatic heterocycles. The summed E-state index contributed by atoms with van der Waals surface area (Å²) >= 11 is 0. The number of carbonyl (C=O) groups excluding carboxylic acids is 1. The first-order valence-corrected chi connectivity index (χ1v) is 7.59. The second kappa shape index (κ2) is 4.73. The Bertz CT molecular complexity index is 877. The highest BCUT2D eigenvalue weighted by Gasteiger charge is 2.26. The number of rotatable bonds is 1. The lowest BCUT2D eigenvalue weighted by molar-refractivity contribution is 0.0801. The van der Waals surface area contributed by atoms with Crippen molar-refractivity contribution in [1.82, 2.24) is 9.47 Å². The molecule has 2 aromatic carbocycles. The highest BCUT2D eigenvalue weighted by Crippen LogP contribution is 2.37. The quantitative estimate of drug-likeness (QED) is 0.673. The lowest BCUT2D eigenvalue weighted by atomic mass is 10.0. The Morgan fingerprint density at radius 1 is 0.955 bits per heavy atom. The summed E-state index contributed by atoms with van der Waals surface area (Å²) in [5.41, 5.74) is 5.68. The van der Waals surface area contributed by atoms with Gasteiger partial charge in [-0.05, 0) is 29.7 Å². The van der Waals surface area contributed by atoms with Crippen LogP contribution in [0.1, 0.15) is 15.9 Å². The third kappa shape index (κ3) is 1.72. The molecule has 0 fully saturated rings. The van der Waals surface area contributed by atoms with E-state index in [0.717, 1.165) is 29.4 Å². The second-order valence-corrected chi connectivity index (χ2v) is 5.93. The first-order chi connectivity index (χ1) is 10.7. The van der Waals surface area contributed by atoms with Crippen LogP contribution in [0.4, 0.5) is 0 Å². The topological polar surface area (TPSA) is 25.2 Å². The van der Waals surface area contributed by atoms with Crippen molar-refractivity contribution in [3.8, 4) is 11.3 Å². The van der Waals surface area contributed by atoms with Crippen molar-refractivity contribution >= 4 is 16.8 Å². The van der Waals surface area contributed by atoms with Gasteiger partial charge in [-0.3, -0.25) is 4.79 Å². The predicted octanol–water partition coefficient (Wildman–Crippen LogP) is 3.47. The highest BCUT2D eigenvalue weighted by molar-refractivity contribution is 6.10. The summed E-state index contributed by atoms with van der Waals surface area (Å²) in [5, 5.41) is 1.12. The van der Waals surface area contributed by atoms with Crippen LogP contribution in [-0.2, 0) is 13.5 Å². The van der Waals surface area contributed by atoms with E-state index in [1.54, 1.807) is 0 Å². The molecule has 3 aromatic rings. The van der Waals surface area contributed by atoms with E-state index < -0.39 is 0 Å². The number of benzene rings is 2. The Balaban J connectivity index is 2.11. The van der Waals surface area contributed by atoms with Gasteiger partial charge in [-0.2, -0.15) is 0 Å². The number of amides is 1. The van der Waals surface area contributed by atoms with Gasteiger partial charge in [-0.1, -0.05) is 36.4 Å². The average molecular weight is 290 g/mol. The van der Waals surface area contributed by atoms with Crippen molar-refractivity contribution < 1.29 is 4.79 Å². The van der Waals surface area contributed by atoms with Gasteiger partial charge in [0.25, 0.3) is 5.91 Å². The van der Waals surface area contributed by atoms with Crippen molar-refractivity contribution in [2.45, 2.75) is 6.42 Å². The second-order valence-electron chi connectivity index (χ2n) is 5.93. The van der Waals surface area contributed by atoms with Gasteiger partial charge >= 0.3 is 0 Å². The van der Waals surface area contributed by atoms with Crippen molar-refractivity contribution in [2.24, 2.45) is 7.05 Å². The van der Waals surface area contributed by atoms with Gasteiger partial charge in [-0.25, -0.2) is 0 Å². The Morgan fingerprint density at radius 2 is 1.73 bits per heavy atom. The van der Waals surface area contributed by atoms with Crippen LogP contribution in [0, 0.1) is 0 Å². The smallest absolute Gasteiger partial charge is 0.254 e. The summed E-state index contributed by atoms with van der Waals surface area (Å²) in [6.45, 7) is 0.756. The number of hydrogen-bond acceptors (Lipinski definition) is 1. The Labute approximate surface area is 129 Å². The minimum Gasteiger partial charge on any atom is -0.343 e. The molecular weight excluding hydrogens is 272 g/mol. The van der Waals surface area contributed by atoms with Crippen molar-refractivity contribution in [2.75, 3.05) is 13.6 Å². The molecule has 0 saturated heterocycles. The Kier molecular flexibility index (Phi) is 2.83.